The van der Waals surface area contributed by atoms with Crippen molar-refractivity contribution >= 4 is 11.9 Å². The second kappa shape index (κ2) is 6.15. The number of aromatic nitrogens is 2. The summed E-state index contributed by atoms with van der Waals surface area (Å²) >= 11 is 0. The maximum absolute atomic E-state index is 11.7. The van der Waals surface area contributed by atoms with Gasteiger partial charge in [-0.1, -0.05) is 6.92 Å². The molecule has 0 aliphatic carbocycles. The quantitative estimate of drug-likeness (QED) is 0.642. The highest BCUT2D eigenvalue weighted by Crippen LogP contribution is 2.08. The molecule has 0 aliphatic heterocycles. The number of nitrogens with zero attached hydrogens (tertiary/aromatic N) is 2. The highest BCUT2D eigenvalue weighted by atomic mass is 16.4. The van der Waals surface area contributed by atoms with Crippen molar-refractivity contribution in [1.29, 1.82) is 0 Å². The van der Waals surface area contributed by atoms with Gasteiger partial charge in [0.25, 0.3) is 0 Å². The van der Waals surface area contributed by atoms with Gasteiger partial charge in [-0.15, -0.1) is 0 Å². The zero-order chi connectivity index (χ0) is 13.7. The Bertz CT molecular complexity index is 430. The predicted octanol–water partition coefficient (Wildman–Crippen LogP) is -0.353. The first-order valence-corrected chi connectivity index (χ1v) is 5.63. The third-order valence-corrected chi connectivity index (χ3v) is 2.51. The smallest absolute Gasteiger partial charge is 0.303 e. The molecule has 0 aromatic carbocycles. The molecule has 1 aromatic heterocycles. The van der Waals surface area contributed by atoms with Crippen LogP contribution in [0.5, 0.6) is 0 Å². The molecule has 1 aromatic rings. The molecule has 1 heterocycles. The molecule has 2 atom stereocenters. The van der Waals surface area contributed by atoms with E-state index in [0.29, 0.717) is 12.1 Å². The van der Waals surface area contributed by atoms with Crippen molar-refractivity contribution in [3.63, 3.8) is 0 Å². The summed E-state index contributed by atoms with van der Waals surface area (Å²) in [4.78, 5) is 22.2. The Balaban J connectivity index is 2.43. The van der Waals surface area contributed by atoms with Crippen LogP contribution in [0.2, 0.25) is 0 Å². The van der Waals surface area contributed by atoms with E-state index in [-0.39, 0.29) is 18.2 Å². The van der Waals surface area contributed by atoms with Crippen LogP contribution in [0.15, 0.2) is 12.4 Å². The number of carbonyl (C=O) groups excluding carboxylic acids is 1. The van der Waals surface area contributed by atoms with Crippen LogP contribution >= 0.6 is 0 Å². The van der Waals surface area contributed by atoms with E-state index < -0.39 is 12.0 Å². The molecule has 0 saturated heterocycles. The lowest BCUT2D eigenvalue weighted by molar-refractivity contribution is -0.138. The molecule has 0 spiro atoms. The molecule has 0 bridgehead atoms. The minimum atomic E-state index is -0.881. The van der Waals surface area contributed by atoms with E-state index in [2.05, 4.69) is 10.4 Å². The fourth-order valence-corrected chi connectivity index (χ4v) is 1.51. The van der Waals surface area contributed by atoms with Gasteiger partial charge in [-0.05, 0) is 5.92 Å². The number of rotatable bonds is 6. The van der Waals surface area contributed by atoms with Crippen molar-refractivity contribution in [3.8, 4) is 0 Å². The first kappa shape index (κ1) is 14.2. The number of hydrogen-bond donors (Lipinski definition) is 3. The van der Waals surface area contributed by atoms with Crippen LogP contribution in [0.1, 0.15) is 24.9 Å². The summed E-state index contributed by atoms with van der Waals surface area (Å²) in [5.74, 6) is -1.35. The number of carboxylic acids is 1. The van der Waals surface area contributed by atoms with Crippen LogP contribution in [0, 0.1) is 5.92 Å². The summed E-state index contributed by atoms with van der Waals surface area (Å²) in [6.07, 6.45) is 3.22. The van der Waals surface area contributed by atoms with Gasteiger partial charge in [0.15, 0.2) is 0 Å². The Morgan fingerprint density at radius 1 is 1.61 bits per heavy atom. The molecule has 1 amide bonds. The Hall–Kier alpha value is -1.89. The zero-order valence-electron chi connectivity index (χ0n) is 10.5. The summed E-state index contributed by atoms with van der Waals surface area (Å²) in [6.45, 7) is 2.04. The minimum Gasteiger partial charge on any atom is -0.481 e. The van der Waals surface area contributed by atoms with E-state index in [1.54, 1.807) is 24.9 Å². The zero-order valence-corrected chi connectivity index (χ0v) is 10.5. The molecule has 1 rings (SSSR count). The molecule has 0 radical (unpaired) electrons. The van der Waals surface area contributed by atoms with Gasteiger partial charge in [-0.3, -0.25) is 14.3 Å². The normalized spacial score (nSPS) is 13.9. The molecule has 7 heteroatoms. The van der Waals surface area contributed by atoms with Gasteiger partial charge in [0.2, 0.25) is 5.91 Å². The molecule has 0 saturated carbocycles. The number of nitrogens with one attached hydrogen (secondary N) is 1. The highest BCUT2D eigenvalue weighted by Gasteiger charge is 2.18. The summed E-state index contributed by atoms with van der Waals surface area (Å²) in [5.41, 5.74) is 6.38. The molecule has 4 N–H and O–H groups in total. The van der Waals surface area contributed by atoms with E-state index in [1.165, 1.54) is 6.20 Å². The summed E-state index contributed by atoms with van der Waals surface area (Å²) in [6, 6.07) is -0.782. The van der Waals surface area contributed by atoms with E-state index in [4.69, 9.17) is 10.8 Å². The molecule has 7 nitrogen and oxygen atoms in total. The molecular formula is C11H18N4O3. The minimum absolute atomic E-state index is 0.0163. The van der Waals surface area contributed by atoms with E-state index >= 15 is 0 Å². The van der Waals surface area contributed by atoms with Gasteiger partial charge >= 0.3 is 5.97 Å². The summed E-state index contributed by atoms with van der Waals surface area (Å²) < 4.78 is 1.57. The number of nitrogens with two attached hydrogens (primary N) is 1. The Kier molecular flexibility index (Phi) is 4.85. The second-order valence-electron chi connectivity index (χ2n) is 4.37. The molecule has 0 aliphatic rings. The van der Waals surface area contributed by atoms with Crippen LogP contribution < -0.4 is 11.1 Å². The predicted molar refractivity (Wildman–Crippen MR) is 64.6 cm³/mol. The fraction of sp³-hybridized carbons (Fsp3) is 0.545. The number of aryl methyl sites for hydroxylation is 1. The molecule has 18 heavy (non-hydrogen) atoms. The third kappa shape index (κ3) is 4.17. The maximum atomic E-state index is 11.7. The van der Waals surface area contributed by atoms with Crippen molar-refractivity contribution in [2.75, 3.05) is 6.54 Å². The number of carbonyl (C=O) groups is 2. The number of carboxylic acid groups (broad SMARTS) is 1. The lowest BCUT2D eigenvalue weighted by Gasteiger charge is -2.13. The monoisotopic (exact) mass is 254 g/mol. The highest BCUT2D eigenvalue weighted by molar-refractivity contribution is 5.82. The third-order valence-electron chi connectivity index (χ3n) is 2.51. The van der Waals surface area contributed by atoms with E-state index in [9.17, 15) is 9.59 Å². The number of hydrogen-bond acceptors (Lipinski definition) is 4. The van der Waals surface area contributed by atoms with Gasteiger partial charge in [0.05, 0.1) is 6.20 Å². The molecule has 2 unspecified atom stereocenters. The van der Waals surface area contributed by atoms with Crippen LogP contribution in [0.4, 0.5) is 0 Å². The van der Waals surface area contributed by atoms with Crippen LogP contribution in [-0.2, 0) is 16.6 Å². The Morgan fingerprint density at radius 3 is 2.78 bits per heavy atom. The van der Waals surface area contributed by atoms with Crippen LogP contribution in [-0.4, -0.2) is 33.3 Å². The van der Waals surface area contributed by atoms with E-state index in [1.807, 2.05) is 0 Å². The SMILES string of the molecule is CC(CNC(=O)C(N)c1cnn(C)c1)CC(=O)O. The van der Waals surface area contributed by atoms with Crippen molar-refractivity contribution < 1.29 is 14.7 Å². The average molecular weight is 254 g/mol. The van der Waals surface area contributed by atoms with E-state index in [0.717, 1.165) is 0 Å². The maximum Gasteiger partial charge on any atom is 0.303 e. The van der Waals surface area contributed by atoms with Gasteiger partial charge in [0, 0.05) is 31.8 Å². The van der Waals surface area contributed by atoms with Gasteiger partial charge in [-0.25, -0.2) is 0 Å². The van der Waals surface area contributed by atoms with Crippen molar-refractivity contribution in [2.24, 2.45) is 18.7 Å². The number of amides is 1. The summed E-state index contributed by atoms with van der Waals surface area (Å²) in [5, 5.41) is 15.2. The standard InChI is InChI=1S/C11H18N4O3/c1-7(3-9(16)17)4-13-11(18)10(12)8-5-14-15(2)6-8/h5-7,10H,3-4,12H2,1-2H3,(H,13,18)(H,16,17). The average Bonchev–Trinajstić information content (AvgIpc) is 2.70. The topological polar surface area (TPSA) is 110 Å². The van der Waals surface area contributed by atoms with Gasteiger partial charge in [-0.2, -0.15) is 5.10 Å². The Labute approximate surface area is 105 Å². The first-order chi connectivity index (χ1) is 8.40. The lowest BCUT2D eigenvalue weighted by atomic mass is 10.1. The molecule has 100 valence electrons. The van der Waals surface area contributed by atoms with Crippen LogP contribution in [0.25, 0.3) is 0 Å². The van der Waals surface area contributed by atoms with Crippen molar-refractivity contribution in [3.05, 3.63) is 18.0 Å². The lowest BCUT2D eigenvalue weighted by Crippen LogP contribution is -2.36. The summed E-state index contributed by atoms with van der Waals surface area (Å²) in [7, 11) is 1.74. The largest absolute Gasteiger partial charge is 0.481 e. The fourth-order valence-electron chi connectivity index (χ4n) is 1.51. The second-order valence-corrected chi connectivity index (χ2v) is 4.37. The first-order valence-electron chi connectivity index (χ1n) is 5.63. The number of aliphatic carboxylic acids is 1. The molecular weight excluding hydrogens is 236 g/mol. The Morgan fingerprint density at radius 2 is 2.28 bits per heavy atom. The van der Waals surface area contributed by atoms with Crippen LogP contribution in [0.3, 0.4) is 0 Å². The van der Waals surface area contributed by atoms with Crippen molar-refractivity contribution in [2.45, 2.75) is 19.4 Å². The molecule has 0 fully saturated rings. The van der Waals surface area contributed by atoms with Gasteiger partial charge in [0.1, 0.15) is 6.04 Å². The van der Waals surface area contributed by atoms with Gasteiger partial charge < -0.3 is 16.2 Å². The van der Waals surface area contributed by atoms with Crippen molar-refractivity contribution in [1.82, 2.24) is 15.1 Å².